The van der Waals surface area contributed by atoms with Crippen LogP contribution in [-0.2, 0) is 28.2 Å². The van der Waals surface area contributed by atoms with Crippen molar-refractivity contribution in [3.8, 4) is 5.75 Å². The summed E-state index contributed by atoms with van der Waals surface area (Å²) in [4.78, 5) is 19.3. The largest absolute Gasteiger partial charge is 0.508 e. The van der Waals surface area contributed by atoms with Gasteiger partial charge >= 0.3 is 12.4 Å². The number of nitrogens with zero attached hydrogens (tertiary/aromatic N) is 3. The van der Waals surface area contributed by atoms with Crippen molar-refractivity contribution >= 4 is 5.91 Å². The molecule has 7 nitrogen and oxygen atoms in total. The molecule has 2 aromatic carbocycles. The first-order valence-electron chi connectivity index (χ1n) is 13.7. The van der Waals surface area contributed by atoms with Crippen LogP contribution in [0, 0.1) is 6.92 Å². The Bertz CT molecular complexity index is 1200. The van der Waals surface area contributed by atoms with Crippen LogP contribution in [-0.4, -0.2) is 104 Å². The van der Waals surface area contributed by atoms with E-state index in [1.807, 2.05) is 0 Å². The summed E-state index contributed by atoms with van der Waals surface area (Å²) in [6, 6.07) is 5.58. The van der Waals surface area contributed by atoms with E-state index in [1.54, 1.807) is 32.2 Å². The van der Waals surface area contributed by atoms with Gasteiger partial charge in [0.1, 0.15) is 5.75 Å². The van der Waals surface area contributed by atoms with E-state index in [4.69, 9.17) is 9.47 Å². The SMILES string of the molecule is COCC1COCCN1CCN1CCN(C(=O)c2cc(C(F)(F)F)cc(C(F)(F)F)c2)C(Cc2ccc(C)c(O)c2)C1. The van der Waals surface area contributed by atoms with Crippen molar-refractivity contribution < 1.29 is 45.7 Å². The number of ether oxygens (including phenoxy) is 2. The molecule has 0 bridgehead atoms. The first-order valence-corrected chi connectivity index (χ1v) is 13.7. The van der Waals surface area contributed by atoms with Crippen LogP contribution in [0.25, 0.3) is 0 Å². The van der Waals surface area contributed by atoms with E-state index in [9.17, 15) is 36.2 Å². The number of carbonyl (C=O) groups excluding carboxylic acids is 1. The van der Waals surface area contributed by atoms with Gasteiger partial charge in [0.05, 0.1) is 37.0 Å². The van der Waals surface area contributed by atoms with E-state index < -0.39 is 41.0 Å². The lowest BCUT2D eigenvalue weighted by molar-refractivity contribution is -0.143. The zero-order valence-electron chi connectivity index (χ0n) is 23.5. The van der Waals surface area contributed by atoms with E-state index in [2.05, 4.69) is 9.80 Å². The highest BCUT2D eigenvalue weighted by molar-refractivity contribution is 5.95. The molecule has 0 aromatic heterocycles. The molecule has 232 valence electrons. The molecule has 2 heterocycles. The summed E-state index contributed by atoms with van der Waals surface area (Å²) >= 11 is 0. The van der Waals surface area contributed by atoms with Gasteiger partial charge in [0.25, 0.3) is 5.91 Å². The number of hydrogen-bond acceptors (Lipinski definition) is 6. The summed E-state index contributed by atoms with van der Waals surface area (Å²) in [6.45, 7) is 6.32. The number of amides is 1. The van der Waals surface area contributed by atoms with Gasteiger partial charge in [0.15, 0.2) is 0 Å². The third-order valence-corrected chi connectivity index (χ3v) is 7.82. The molecule has 13 heteroatoms. The van der Waals surface area contributed by atoms with Crippen LogP contribution in [0.4, 0.5) is 26.3 Å². The molecule has 0 spiro atoms. The number of hydrogen-bond donors (Lipinski definition) is 1. The molecule has 2 aromatic rings. The van der Waals surface area contributed by atoms with Gasteiger partial charge in [-0.2, -0.15) is 26.3 Å². The van der Waals surface area contributed by atoms with Crippen molar-refractivity contribution in [1.82, 2.24) is 14.7 Å². The Labute approximate surface area is 240 Å². The molecule has 2 saturated heterocycles. The third-order valence-electron chi connectivity index (χ3n) is 7.82. The molecule has 2 aliphatic heterocycles. The lowest BCUT2D eigenvalue weighted by Crippen LogP contribution is -2.58. The summed E-state index contributed by atoms with van der Waals surface area (Å²) in [5.74, 6) is -0.844. The highest BCUT2D eigenvalue weighted by Gasteiger charge is 2.39. The smallest absolute Gasteiger partial charge is 0.416 e. The van der Waals surface area contributed by atoms with Gasteiger partial charge in [-0.25, -0.2) is 0 Å². The van der Waals surface area contributed by atoms with Gasteiger partial charge < -0.3 is 19.5 Å². The normalized spacial score (nSPS) is 21.1. The van der Waals surface area contributed by atoms with Gasteiger partial charge in [0, 0.05) is 58.0 Å². The highest BCUT2D eigenvalue weighted by Crippen LogP contribution is 2.37. The van der Waals surface area contributed by atoms with Gasteiger partial charge in [-0.1, -0.05) is 12.1 Å². The molecule has 42 heavy (non-hydrogen) atoms. The number of phenols is 1. The second-order valence-electron chi connectivity index (χ2n) is 10.8. The zero-order valence-corrected chi connectivity index (χ0v) is 23.5. The highest BCUT2D eigenvalue weighted by atomic mass is 19.4. The first-order chi connectivity index (χ1) is 19.8. The average Bonchev–Trinajstić information content (AvgIpc) is 2.93. The van der Waals surface area contributed by atoms with Crippen molar-refractivity contribution in [3.63, 3.8) is 0 Å². The Morgan fingerprint density at radius 2 is 1.67 bits per heavy atom. The fourth-order valence-electron chi connectivity index (χ4n) is 5.46. The van der Waals surface area contributed by atoms with Crippen LogP contribution in [0.5, 0.6) is 5.75 Å². The van der Waals surface area contributed by atoms with Gasteiger partial charge in [-0.05, 0) is 48.7 Å². The number of phenolic OH excluding ortho intramolecular Hbond substituents is 1. The number of morpholine rings is 1. The van der Waals surface area contributed by atoms with Crippen LogP contribution in [0.3, 0.4) is 0 Å². The molecule has 2 atom stereocenters. The molecule has 4 rings (SSSR count). The molecular weight excluding hydrogens is 568 g/mol. The monoisotopic (exact) mass is 603 g/mol. The minimum Gasteiger partial charge on any atom is -0.508 e. The average molecular weight is 604 g/mol. The Balaban J connectivity index is 1.58. The number of benzene rings is 2. The molecule has 0 aliphatic carbocycles. The molecule has 0 saturated carbocycles. The van der Waals surface area contributed by atoms with Crippen LogP contribution in [0.2, 0.25) is 0 Å². The van der Waals surface area contributed by atoms with E-state index >= 15 is 0 Å². The second kappa shape index (κ2) is 13.2. The van der Waals surface area contributed by atoms with E-state index in [0.29, 0.717) is 69.3 Å². The van der Waals surface area contributed by atoms with Crippen molar-refractivity contribution in [2.45, 2.75) is 37.8 Å². The van der Waals surface area contributed by atoms with Crippen molar-refractivity contribution in [2.24, 2.45) is 0 Å². The Hall–Kier alpha value is -2.87. The predicted molar refractivity (Wildman–Crippen MR) is 142 cm³/mol. The zero-order chi connectivity index (χ0) is 30.7. The molecule has 2 fully saturated rings. The van der Waals surface area contributed by atoms with Gasteiger partial charge in [0.2, 0.25) is 0 Å². The number of piperazine rings is 1. The summed E-state index contributed by atoms with van der Waals surface area (Å²) in [5.41, 5.74) is -2.39. The predicted octanol–water partition coefficient (Wildman–Crippen LogP) is 4.45. The Morgan fingerprint density at radius 3 is 2.29 bits per heavy atom. The number of alkyl halides is 6. The maximum Gasteiger partial charge on any atom is 0.416 e. The number of aryl methyl sites for hydroxylation is 1. The van der Waals surface area contributed by atoms with Crippen LogP contribution < -0.4 is 0 Å². The maximum absolute atomic E-state index is 13.6. The van der Waals surface area contributed by atoms with E-state index in [0.717, 1.165) is 6.54 Å². The number of halogens is 6. The van der Waals surface area contributed by atoms with Gasteiger partial charge in [-0.3, -0.25) is 14.6 Å². The van der Waals surface area contributed by atoms with Crippen LogP contribution in [0.15, 0.2) is 36.4 Å². The third kappa shape index (κ3) is 7.94. The molecule has 2 aliphatic rings. The fraction of sp³-hybridized carbons (Fsp3) is 0.552. The molecule has 0 radical (unpaired) electrons. The second-order valence-corrected chi connectivity index (χ2v) is 10.8. The minimum atomic E-state index is -5.06. The lowest BCUT2D eigenvalue weighted by Gasteiger charge is -2.43. The topological polar surface area (TPSA) is 65.5 Å². The quantitative estimate of drug-likeness (QED) is 0.450. The summed E-state index contributed by atoms with van der Waals surface area (Å²) in [5, 5.41) is 10.2. The van der Waals surface area contributed by atoms with E-state index in [-0.39, 0.29) is 30.8 Å². The van der Waals surface area contributed by atoms with E-state index in [1.165, 1.54) is 4.90 Å². The van der Waals surface area contributed by atoms with Crippen molar-refractivity contribution in [1.29, 1.82) is 0 Å². The summed E-state index contributed by atoms with van der Waals surface area (Å²) in [7, 11) is 1.62. The number of methoxy groups -OCH3 is 1. The number of carbonyl (C=O) groups is 1. The summed E-state index contributed by atoms with van der Waals surface area (Å²) < 4.78 is 91.9. The maximum atomic E-state index is 13.6. The van der Waals surface area contributed by atoms with Crippen molar-refractivity contribution in [3.05, 3.63) is 64.2 Å². The van der Waals surface area contributed by atoms with Crippen LogP contribution >= 0.6 is 0 Å². The number of rotatable bonds is 8. The molecule has 1 N–H and O–H groups in total. The first kappa shape index (κ1) is 32.1. The lowest BCUT2D eigenvalue weighted by atomic mass is 9.98. The molecular formula is C29H35F6N3O4. The van der Waals surface area contributed by atoms with Gasteiger partial charge in [-0.15, -0.1) is 0 Å². The Kier molecular flexibility index (Phi) is 10.1. The Morgan fingerprint density at radius 1 is 0.976 bits per heavy atom. The summed E-state index contributed by atoms with van der Waals surface area (Å²) in [6.07, 6.45) is -9.87. The fourth-order valence-corrected chi connectivity index (χ4v) is 5.46. The molecule has 1 amide bonds. The standard InChI is InChI=1S/C29H35F6N3O4/c1-19-3-4-20(12-26(19)39)11-24-16-36(5-7-37-9-10-42-18-25(37)17-41-2)6-8-38(24)27(40)21-13-22(28(30,31)32)15-23(14-21)29(33,34)35/h3-4,12-15,24-25,39H,5-11,16-18H2,1-2H3. The minimum absolute atomic E-state index is 0.0176. The van der Waals surface area contributed by atoms with Crippen molar-refractivity contribution in [2.75, 3.05) is 66.2 Å². The molecule has 2 unspecified atom stereocenters. The van der Waals surface area contributed by atoms with Crippen LogP contribution in [0.1, 0.15) is 32.6 Å². The number of aromatic hydroxyl groups is 1.